The fourth-order valence-corrected chi connectivity index (χ4v) is 3.09. The van der Waals surface area contributed by atoms with Crippen LogP contribution in [0.3, 0.4) is 0 Å². The highest BCUT2D eigenvalue weighted by molar-refractivity contribution is 5.99. The molecule has 0 aliphatic rings. The largest absolute Gasteiger partial charge is 0.507 e. The Balaban J connectivity index is 0.000000194. The third-order valence-electron chi connectivity index (χ3n) is 4.56. The van der Waals surface area contributed by atoms with E-state index in [0.717, 1.165) is 0 Å². The van der Waals surface area contributed by atoms with Crippen molar-refractivity contribution in [3.05, 3.63) is 114 Å². The van der Waals surface area contributed by atoms with E-state index in [2.05, 4.69) is 48.5 Å². The van der Waals surface area contributed by atoms with Gasteiger partial charge in [0.2, 0.25) is 0 Å². The van der Waals surface area contributed by atoms with E-state index in [1.807, 2.05) is 12.1 Å². The van der Waals surface area contributed by atoms with E-state index in [-0.39, 0.29) is 22.4 Å². The summed E-state index contributed by atoms with van der Waals surface area (Å²) in [5.74, 6) is -2.72. The third-order valence-corrected chi connectivity index (χ3v) is 4.56. The van der Waals surface area contributed by atoms with Crippen LogP contribution in [0.1, 0.15) is 20.7 Å². The Morgan fingerprint density at radius 2 is 1.06 bits per heavy atom. The minimum absolute atomic E-state index is 0.0529. The van der Waals surface area contributed by atoms with E-state index in [0.29, 0.717) is 5.56 Å². The molecule has 0 bridgehead atoms. The van der Waals surface area contributed by atoms with Gasteiger partial charge in [0.05, 0.1) is 5.56 Å². The van der Waals surface area contributed by atoms with Crippen LogP contribution in [-0.4, -0.2) is 27.3 Å². The minimum atomic E-state index is -1.27. The van der Waals surface area contributed by atoms with Gasteiger partial charge < -0.3 is 15.3 Å². The van der Waals surface area contributed by atoms with E-state index in [4.69, 9.17) is 10.2 Å². The van der Waals surface area contributed by atoms with Gasteiger partial charge in [0.1, 0.15) is 11.3 Å². The summed E-state index contributed by atoms with van der Waals surface area (Å²) >= 11 is 0. The van der Waals surface area contributed by atoms with Gasteiger partial charge >= 0.3 is 11.9 Å². The van der Waals surface area contributed by atoms with E-state index >= 15 is 0 Å². The molecule has 5 nitrogen and oxygen atoms in total. The Morgan fingerprint density at radius 1 is 0.548 bits per heavy atom. The Labute approximate surface area is 179 Å². The van der Waals surface area contributed by atoms with Crippen LogP contribution in [0.15, 0.2) is 103 Å². The van der Waals surface area contributed by atoms with Crippen molar-refractivity contribution in [2.45, 2.75) is 0 Å². The summed E-state index contributed by atoms with van der Waals surface area (Å²) in [4.78, 5) is 22.1. The molecule has 0 aromatic heterocycles. The number of carbonyl (C=O) groups is 2. The number of rotatable bonds is 4. The first-order chi connectivity index (χ1) is 15.0. The van der Waals surface area contributed by atoms with Crippen LogP contribution in [0.25, 0.3) is 22.3 Å². The third kappa shape index (κ3) is 5.36. The van der Waals surface area contributed by atoms with Crippen LogP contribution in [0.4, 0.5) is 0 Å². The molecule has 154 valence electrons. The average Bonchev–Trinajstić information content (AvgIpc) is 2.80. The fourth-order valence-electron chi connectivity index (χ4n) is 3.09. The summed E-state index contributed by atoms with van der Waals surface area (Å²) in [5.41, 5.74) is 3.06. The van der Waals surface area contributed by atoms with Gasteiger partial charge in [-0.2, -0.15) is 0 Å². The maximum absolute atomic E-state index is 11.2. The molecule has 0 spiro atoms. The SMILES string of the molecule is O=C(O)c1cccc(-c2cccc(O)c2C(=O)O)c1.c1ccc(-c2ccccc2)cc1. The summed E-state index contributed by atoms with van der Waals surface area (Å²) in [7, 11) is 0. The molecule has 0 aliphatic carbocycles. The number of carboxylic acids is 2. The van der Waals surface area contributed by atoms with Gasteiger partial charge in [-0.1, -0.05) is 84.9 Å². The molecule has 0 saturated heterocycles. The van der Waals surface area contributed by atoms with Crippen molar-refractivity contribution in [1.82, 2.24) is 0 Å². The second kappa shape index (κ2) is 9.89. The van der Waals surface area contributed by atoms with Gasteiger partial charge in [0, 0.05) is 0 Å². The quantitative estimate of drug-likeness (QED) is 0.393. The first-order valence-corrected chi connectivity index (χ1v) is 9.47. The maximum atomic E-state index is 11.2. The Bertz CT molecular complexity index is 1150. The Hall–Kier alpha value is -4.38. The molecule has 3 N–H and O–H groups in total. The van der Waals surface area contributed by atoms with Crippen LogP contribution in [0.5, 0.6) is 5.75 Å². The Kier molecular flexibility index (Phi) is 6.81. The molecule has 4 aromatic rings. The lowest BCUT2D eigenvalue weighted by Crippen LogP contribution is -2.01. The molecule has 0 unspecified atom stereocenters. The second-order valence-electron chi connectivity index (χ2n) is 6.62. The summed E-state index contributed by atoms with van der Waals surface area (Å²) in [5, 5.41) is 27.6. The lowest BCUT2D eigenvalue weighted by molar-refractivity contribution is 0.0685. The summed E-state index contributed by atoms with van der Waals surface area (Å²) in [6.07, 6.45) is 0. The number of hydrogen-bond donors (Lipinski definition) is 3. The van der Waals surface area contributed by atoms with Crippen molar-refractivity contribution < 1.29 is 24.9 Å². The molecule has 0 fully saturated rings. The van der Waals surface area contributed by atoms with Crippen LogP contribution in [0, 0.1) is 0 Å². The first kappa shape index (κ1) is 21.3. The minimum Gasteiger partial charge on any atom is -0.507 e. The molecular formula is C26H20O5. The van der Waals surface area contributed by atoms with Gasteiger partial charge in [0.25, 0.3) is 0 Å². The standard InChI is InChI=1S/C14H10O5.C12H10/c15-11-6-2-5-10(12(11)14(18)19)8-3-1-4-9(7-8)13(16)17;1-3-7-11(8-4-1)12-9-5-2-6-10-12/h1-7,15H,(H,16,17)(H,18,19);1-10H. The zero-order valence-corrected chi connectivity index (χ0v) is 16.5. The number of carboxylic acid groups (broad SMARTS) is 2. The van der Waals surface area contributed by atoms with Crippen molar-refractivity contribution in [2.24, 2.45) is 0 Å². The average molecular weight is 412 g/mol. The number of aromatic carboxylic acids is 2. The zero-order chi connectivity index (χ0) is 22.2. The molecule has 0 saturated carbocycles. The number of phenols is 1. The summed E-state index contributed by atoms with van der Waals surface area (Å²) in [6, 6.07) is 31.0. The van der Waals surface area contributed by atoms with Gasteiger partial charge in [-0.15, -0.1) is 0 Å². The van der Waals surface area contributed by atoms with E-state index < -0.39 is 11.9 Å². The number of benzene rings is 4. The predicted octanol–water partition coefficient (Wildman–Crippen LogP) is 5.81. The first-order valence-electron chi connectivity index (χ1n) is 9.47. The summed E-state index contributed by atoms with van der Waals surface area (Å²) < 4.78 is 0. The van der Waals surface area contributed by atoms with Gasteiger partial charge in [0.15, 0.2) is 0 Å². The van der Waals surface area contributed by atoms with Crippen molar-refractivity contribution in [2.75, 3.05) is 0 Å². The maximum Gasteiger partial charge on any atom is 0.340 e. The topological polar surface area (TPSA) is 94.8 Å². The van der Waals surface area contributed by atoms with Crippen molar-refractivity contribution in [3.8, 4) is 28.0 Å². The lowest BCUT2D eigenvalue weighted by atomic mass is 9.97. The van der Waals surface area contributed by atoms with Crippen molar-refractivity contribution in [3.63, 3.8) is 0 Å². The molecule has 0 aliphatic heterocycles. The smallest absolute Gasteiger partial charge is 0.340 e. The molecule has 0 amide bonds. The monoisotopic (exact) mass is 412 g/mol. The molecule has 0 radical (unpaired) electrons. The second-order valence-corrected chi connectivity index (χ2v) is 6.62. The molecule has 5 heteroatoms. The molecule has 0 heterocycles. The van der Waals surface area contributed by atoms with Gasteiger partial charge in [-0.05, 0) is 40.5 Å². The van der Waals surface area contributed by atoms with Crippen molar-refractivity contribution >= 4 is 11.9 Å². The Morgan fingerprint density at radius 3 is 1.58 bits per heavy atom. The molecule has 4 rings (SSSR count). The van der Waals surface area contributed by atoms with Gasteiger partial charge in [-0.3, -0.25) is 0 Å². The van der Waals surface area contributed by atoms with E-state index in [1.54, 1.807) is 6.07 Å². The normalized spacial score (nSPS) is 9.94. The lowest BCUT2D eigenvalue weighted by Gasteiger charge is -2.08. The van der Waals surface area contributed by atoms with Crippen molar-refractivity contribution in [1.29, 1.82) is 0 Å². The molecule has 0 atom stereocenters. The molecule has 31 heavy (non-hydrogen) atoms. The molecular weight excluding hydrogens is 392 g/mol. The van der Waals surface area contributed by atoms with Gasteiger partial charge in [-0.25, -0.2) is 9.59 Å². The van der Waals surface area contributed by atoms with Crippen LogP contribution in [0.2, 0.25) is 0 Å². The van der Waals surface area contributed by atoms with E-state index in [1.165, 1.54) is 47.5 Å². The highest BCUT2D eigenvalue weighted by atomic mass is 16.4. The van der Waals surface area contributed by atoms with Crippen LogP contribution < -0.4 is 0 Å². The highest BCUT2D eigenvalue weighted by Crippen LogP contribution is 2.30. The molecule has 4 aromatic carbocycles. The highest BCUT2D eigenvalue weighted by Gasteiger charge is 2.17. The number of hydrogen-bond acceptors (Lipinski definition) is 3. The summed E-state index contributed by atoms with van der Waals surface area (Å²) in [6.45, 7) is 0. The predicted molar refractivity (Wildman–Crippen MR) is 119 cm³/mol. The number of aromatic hydroxyl groups is 1. The van der Waals surface area contributed by atoms with E-state index in [9.17, 15) is 14.7 Å². The fraction of sp³-hybridized carbons (Fsp3) is 0. The van der Waals surface area contributed by atoms with Crippen LogP contribution >= 0.6 is 0 Å². The van der Waals surface area contributed by atoms with Crippen LogP contribution in [-0.2, 0) is 0 Å². The zero-order valence-electron chi connectivity index (χ0n) is 16.5.